The van der Waals surface area contributed by atoms with Crippen molar-refractivity contribution in [1.82, 2.24) is 9.80 Å². The van der Waals surface area contributed by atoms with Crippen LogP contribution in [0.25, 0.3) is 10.8 Å². The van der Waals surface area contributed by atoms with E-state index in [9.17, 15) is 14.4 Å². The molecule has 0 saturated carbocycles. The highest BCUT2D eigenvalue weighted by atomic mass is 16.7. The van der Waals surface area contributed by atoms with Gasteiger partial charge in [-0.05, 0) is 35.7 Å². The summed E-state index contributed by atoms with van der Waals surface area (Å²) in [5.41, 5.74) is 2.10. The summed E-state index contributed by atoms with van der Waals surface area (Å²) in [5, 5.41) is 1.52. The minimum absolute atomic E-state index is 0.199. The number of hydrogen-bond acceptors (Lipinski definition) is 5. The second-order valence-electron chi connectivity index (χ2n) is 8.90. The molecule has 3 heterocycles. The van der Waals surface area contributed by atoms with E-state index in [2.05, 4.69) is 0 Å². The van der Waals surface area contributed by atoms with Gasteiger partial charge in [0.05, 0.1) is 26.2 Å². The van der Waals surface area contributed by atoms with E-state index in [1.807, 2.05) is 30.3 Å². The second-order valence-corrected chi connectivity index (χ2v) is 8.90. The van der Waals surface area contributed by atoms with Crippen molar-refractivity contribution in [2.24, 2.45) is 0 Å². The van der Waals surface area contributed by atoms with Gasteiger partial charge in [-0.2, -0.15) is 0 Å². The van der Waals surface area contributed by atoms with Crippen LogP contribution < -0.4 is 14.4 Å². The van der Waals surface area contributed by atoms with Crippen LogP contribution in [0.2, 0.25) is 0 Å². The average Bonchev–Trinajstić information content (AvgIpc) is 3.33. The fourth-order valence-electron chi connectivity index (χ4n) is 5.05. The normalized spacial score (nSPS) is 17.5. The van der Waals surface area contributed by atoms with Crippen LogP contribution in [0.1, 0.15) is 26.3 Å². The van der Waals surface area contributed by atoms with Crippen LogP contribution in [0.3, 0.4) is 0 Å². The number of hydrogen-bond donors (Lipinski definition) is 1. The lowest BCUT2D eigenvalue weighted by Gasteiger charge is -2.34. The van der Waals surface area contributed by atoms with Crippen molar-refractivity contribution >= 4 is 28.5 Å². The van der Waals surface area contributed by atoms with Gasteiger partial charge in [-0.1, -0.05) is 24.3 Å². The van der Waals surface area contributed by atoms with Gasteiger partial charge in [-0.15, -0.1) is 0 Å². The maximum Gasteiger partial charge on any atom is 0.261 e. The van der Waals surface area contributed by atoms with Gasteiger partial charge in [0.15, 0.2) is 11.5 Å². The lowest BCUT2D eigenvalue weighted by molar-refractivity contribution is -0.917. The topological polar surface area (TPSA) is 80.6 Å². The molecular formula is C26H24N3O5+. The lowest BCUT2D eigenvalue weighted by atomic mass is 9.94. The molecule has 0 spiro atoms. The van der Waals surface area contributed by atoms with E-state index in [0.717, 1.165) is 47.0 Å². The Kier molecular flexibility index (Phi) is 4.95. The Bertz CT molecular complexity index is 1280. The monoisotopic (exact) mass is 458 g/mol. The van der Waals surface area contributed by atoms with Crippen LogP contribution in [0.15, 0.2) is 54.6 Å². The van der Waals surface area contributed by atoms with Crippen LogP contribution in [0.5, 0.6) is 11.5 Å². The third kappa shape index (κ3) is 3.47. The maximum atomic E-state index is 13.1. The number of carbonyl (C=O) groups is 3. The second kappa shape index (κ2) is 8.14. The third-order valence-electron chi connectivity index (χ3n) is 6.86. The standard InChI is InChI=1S/C26H23N3O5/c30-23(15-29-25(31)19-5-1-3-18-4-2-6-20(24(18)19)26(29)32)28-11-9-27(10-12-28)14-17-7-8-21-22(13-17)34-16-33-21/h1-8,13H,9-12,14-16H2/p+1. The molecule has 3 aromatic carbocycles. The first-order valence-electron chi connectivity index (χ1n) is 11.5. The zero-order chi connectivity index (χ0) is 23.2. The van der Waals surface area contributed by atoms with Gasteiger partial charge in [-0.25, -0.2) is 0 Å². The van der Waals surface area contributed by atoms with E-state index in [1.54, 1.807) is 29.2 Å². The molecule has 3 aromatic rings. The summed E-state index contributed by atoms with van der Waals surface area (Å²) in [4.78, 5) is 43.4. The van der Waals surface area contributed by atoms with Crippen LogP contribution >= 0.6 is 0 Å². The van der Waals surface area contributed by atoms with Crippen molar-refractivity contribution in [1.29, 1.82) is 0 Å². The molecule has 1 N–H and O–H groups in total. The van der Waals surface area contributed by atoms with Crippen molar-refractivity contribution in [3.63, 3.8) is 0 Å². The van der Waals surface area contributed by atoms with E-state index < -0.39 is 11.8 Å². The number of imide groups is 1. The van der Waals surface area contributed by atoms with Gasteiger partial charge >= 0.3 is 0 Å². The zero-order valence-electron chi connectivity index (χ0n) is 18.6. The quantitative estimate of drug-likeness (QED) is 0.592. The van der Waals surface area contributed by atoms with Crippen molar-refractivity contribution in [2.75, 3.05) is 39.5 Å². The van der Waals surface area contributed by atoms with Gasteiger partial charge in [0.1, 0.15) is 13.1 Å². The first kappa shape index (κ1) is 20.7. The molecule has 0 aliphatic carbocycles. The molecule has 8 nitrogen and oxygen atoms in total. The SMILES string of the molecule is O=C(CN1C(=O)c2cccc3cccc(c23)C1=O)N1CC[NH+](Cc2ccc3c(c2)OCO3)CC1. The molecule has 8 heteroatoms. The molecule has 3 amide bonds. The van der Waals surface area contributed by atoms with Crippen molar-refractivity contribution in [3.8, 4) is 11.5 Å². The number of nitrogens with one attached hydrogen (secondary N) is 1. The van der Waals surface area contributed by atoms with Gasteiger partial charge in [0.2, 0.25) is 12.7 Å². The predicted molar refractivity (Wildman–Crippen MR) is 123 cm³/mol. The largest absolute Gasteiger partial charge is 0.454 e. The van der Waals surface area contributed by atoms with E-state index in [4.69, 9.17) is 9.47 Å². The van der Waals surface area contributed by atoms with Crippen molar-refractivity contribution in [3.05, 3.63) is 71.3 Å². The number of nitrogens with zero attached hydrogens (tertiary/aromatic N) is 2. The summed E-state index contributed by atoms with van der Waals surface area (Å²) in [6, 6.07) is 16.8. The molecule has 6 rings (SSSR count). The number of benzene rings is 3. The van der Waals surface area contributed by atoms with E-state index >= 15 is 0 Å². The Hall–Kier alpha value is -3.91. The molecule has 1 fully saturated rings. The first-order valence-corrected chi connectivity index (χ1v) is 11.5. The summed E-state index contributed by atoms with van der Waals surface area (Å²) < 4.78 is 10.8. The first-order chi connectivity index (χ1) is 16.6. The van der Waals surface area contributed by atoms with Gasteiger partial charge in [0, 0.05) is 22.1 Å². The Labute approximate surface area is 196 Å². The summed E-state index contributed by atoms with van der Waals surface area (Å²) >= 11 is 0. The zero-order valence-corrected chi connectivity index (χ0v) is 18.6. The third-order valence-corrected chi connectivity index (χ3v) is 6.86. The summed E-state index contributed by atoms with van der Waals surface area (Å²) in [5.74, 6) is 0.536. The van der Waals surface area contributed by atoms with E-state index in [-0.39, 0.29) is 19.2 Å². The van der Waals surface area contributed by atoms with Gasteiger partial charge in [-0.3, -0.25) is 19.3 Å². The summed E-state index contributed by atoms with van der Waals surface area (Å²) in [6.07, 6.45) is 0. The lowest BCUT2D eigenvalue weighted by Crippen LogP contribution is -3.13. The van der Waals surface area contributed by atoms with Gasteiger partial charge in [0.25, 0.3) is 11.8 Å². The molecule has 0 unspecified atom stereocenters. The summed E-state index contributed by atoms with van der Waals surface area (Å²) in [7, 11) is 0. The molecule has 172 valence electrons. The van der Waals surface area contributed by atoms with Crippen molar-refractivity contribution in [2.45, 2.75) is 6.54 Å². The Morgan fingerprint density at radius 2 is 1.56 bits per heavy atom. The summed E-state index contributed by atoms with van der Waals surface area (Å²) in [6.45, 7) is 3.62. The fourth-order valence-corrected chi connectivity index (χ4v) is 5.05. The smallest absolute Gasteiger partial charge is 0.261 e. The minimum Gasteiger partial charge on any atom is -0.454 e. The maximum absolute atomic E-state index is 13.1. The highest BCUT2D eigenvalue weighted by molar-refractivity contribution is 6.26. The molecule has 3 aliphatic rings. The van der Waals surface area contributed by atoms with E-state index in [1.165, 1.54) is 4.90 Å². The van der Waals surface area contributed by atoms with Crippen LogP contribution in [0, 0.1) is 0 Å². The number of fused-ring (bicyclic) bond motifs is 1. The molecular weight excluding hydrogens is 434 g/mol. The predicted octanol–water partition coefficient (Wildman–Crippen LogP) is 1.09. The molecule has 34 heavy (non-hydrogen) atoms. The molecule has 1 saturated heterocycles. The van der Waals surface area contributed by atoms with Crippen LogP contribution in [0.4, 0.5) is 0 Å². The van der Waals surface area contributed by atoms with Crippen LogP contribution in [-0.2, 0) is 11.3 Å². The molecule has 0 bridgehead atoms. The fraction of sp³-hybridized carbons (Fsp3) is 0.269. The molecule has 0 atom stereocenters. The molecule has 0 aromatic heterocycles. The van der Waals surface area contributed by atoms with Crippen molar-refractivity contribution < 1.29 is 28.8 Å². The Morgan fingerprint density at radius 1 is 0.882 bits per heavy atom. The average molecular weight is 458 g/mol. The number of ether oxygens (including phenoxy) is 2. The highest BCUT2D eigenvalue weighted by Gasteiger charge is 2.35. The van der Waals surface area contributed by atoms with E-state index in [0.29, 0.717) is 29.6 Å². The molecule has 0 radical (unpaired) electrons. The minimum atomic E-state index is -0.408. The number of carbonyl (C=O) groups excluding carboxylic acids is 3. The number of quaternary nitrogens is 1. The number of rotatable bonds is 4. The number of amides is 3. The number of piperazine rings is 1. The highest BCUT2D eigenvalue weighted by Crippen LogP contribution is 2.32. The van der Waals surface area contributed by atoms with Crippen LogP contribution in [-0.4, -0.2) is 67.0 Å². The molecule has 3 aliphatic heterocycles. The Morgan fingerprint density at radius 3 is 2.26 bits per heavy atom. The van der Waals surface area contributed by atoms with Gasteiger partial charge < -0.3 is 19.3 Å². The Balaban J connectivity index is 1.10.